The van der Waals surface area contributed by atoms with E-state index in [0.717, 1.165) is 16.6 Å². The lowest BCUT2D eigenvalue weighted by molar-refractivity contribution is -0.0435. The number of hydrogen-bond donors (Lipinski definition) is 0. The van der Waals surface area contributed by atoms with E-state index < -0.39 is 0 Å². The predicted octanol–water partition coefficient (Wildman–Crippen LogP) is 2.21. The number of benzene rings is 1. The molecule has 22 heavy (non-hydrogen) atoms. The highest BCUT2D eigenvalue weighted by molar-refractivity contribution is 6.62. The molecule has 1 amide bonds. The van der Waals surface area contributed by atoms with Crippen molar-refractivity contribution in [3.63, 3.8) is 0 Å². The standard InChI is InChI=1S/C17H24BNO3/c1-11(2)17(5)16(3,4)21-18(22-17)13-7-8-14-12(9-13)10-19(6)15(14)20/h7-9,11H,10H2,1-6H3. The molecule has 1 aromatic carbocycles. The maximum atomic E-state index is 12.0. The van der Waals surface area contributed by atoms with Crippen LogP contribution in [-0.4, -0.2) is 36.2 Å². The van der Waals surface area contributed by atoms with Crippen LogP contribution in [0, 0.1) is 5.92 Å². The first-order valence-electron chi connectivity index (χ1n) is 7.89. The van der Waals surface area contributed by atoms with E-state index in [0.29, 0.717) is 12.5 Å². The zero-order chi connectivity index (χ0) is 16.3. The van der Waals surface area contributed by atoms with E-state index in [4.69, 9.17) is 9.31 Å². The van der Waals surface area contributed by atoms with Crippen LogP contribution in [0.3, 0.4) is 0 Å². The first-order valence-corrected chi connectivity index (χ1v) is 7.89. The molecule has 2 aliphatic rings. The Morgan fingerprint density at radius 1 is 1.23 bits per heavy atom. The Morgan fingerprint density at radius 3 is 2.50 bits per heavy atom. The van der Waals surface area contributed by atoms with Crippen molar-refractivity contribution in [1.29, 1.82) is 0 Å². The van der Waals surface area contributed by atoms with Crippen molar-refractivity contribution < 1.29 is 14.1 Å². The van der Waals surface area contributed by atoms with Gasteiger partial charge in [-0.1, -0.05) is 26.0 Å². The lowest BCUT2D eigenvalue weighted by Crippen LogP contribution is -2.48. The summed E-state index contributed by atoms with van der Waals surface area (Å²) in [4.78, 5) is 13.7. The quantitative estimate of drug-likeness (QED) is 0.786. The van der Waals surface area contributed by atoms with Crippen LogP contribution in [0.2, 0.25) is 0 Å². The van der Waals surface area contributed by atoms with Crippen molar-refractivity contribution in [2.24, 2.45) is 5.92 Å². The minimum Gasteiger partial charge on any atom is -0.399 e. The molecule has 0 aliphatic carbocycles. The summed E-state index contributed by atoms with van der Waals surface area (Å²) in [6.45, 7) is 11.2. The first-order chi connectivity index (χ1) is 10.2. The summed E-state index contributed by atoms with van der Waals surface area (Å²) in [6.07, 6.45) is 0. The van der Waals surface area contributed by atoms with Crippen LogP contribution in [0.5, 0.6) is 0 Å². The molecule has 2 heterocycles. The highest BCUT2D eigenvalue weighted by atomic mass is 16.7. The number of carbonyl (C=O) groups is 1. The van der Waals surface area contributed by atoms with Gasteiger partial charge in [-0.25, -0.2) is 0 Å². The maximum Gasteiger partial charge on any atom is 0.494 e. The molecule has 3 rings (SSSR count). The Hall–Kier alpha value is -1.33. The molecular weight excluding hydrogens is 277 g/mol. The van der Waals surface area contributed by atoms with E-state index in [1.54, 1.807) is 4.90 Å². The Labute approximate surface area is 132 Å². The molecule has 118 valence electrons. The van der Waals surface area contributed by atoms with E-state index >= 15 is 0 Å². The van der Waals surface area contributed by atoms with E-state index in [1.807, 2.05) is 25.2 Å². The summed E-state index contributed by atoms with van der Waals surface area (Å²) in [6, 6.07) is 5.88. The van der Waals surface area contributed by atoms with Crippen LogP contribution in [0.15, 0.2) is 18.2 Å². The minimum absolute atomic E-state index is 0.0853. The second kappa shape index (κ2) is 4.83. The van der Waals surface area contributed by atoms with Gasteiger partial charge in [-0.15, -0.1) is 0 Å². The Kier molecular flexibility index (Phi) is 3.42. The fourth-order valence-corrected chi connectivity index (χ4v) is 3.37. The molecule has 0 spiro atoms. The summed E-state index contributed by atoms with van der Waals surface area (Å²) >= 11 is 0. The Morgan fingerprint density at radius 2 is 1.91 bits per heavy atom. The van der Waals surface area contributed by atoms with Crippen molar-refractivity contribution in [3.8, 4) is 0 Å². The molecule has 0 saturated carbocycles. The molecule has 2 aliphatic heterocycles. The predicted molar refractivity (Wildman–Crippen MR) is 87.1 cm³/mol. The lowest BCUT2D eigenvalue weighted by atomic mass is 9.77. The van der Waals surface area contributed by atoms with E-state index in [9.17, 15) is 4.79 Å². The van der Waals surface area contributed by atoms with Gasteiger partial charge in [-0.2, -0.15) is 0 Å². The summed E-state index contributed by atoms with van der Waals surface area (Å²) in [5.74, 6) is 0.428. The topological polar surface area (TPSA) is 38.8 Å². The summed E-state index contributed by atoms with van der Waals surface area (Å²) in [7, 11) is 1.44. The van der Waals surface area contributed by atoms with Gasteiger partial charge in [0.05, 0.1) is 11.2 Å². The van der Waals surface area contributed by atoms with Crippen molar-refractivity contribution in [2.45, 2.75) is 52.4 Å². The van der Waals surface area contributed by atoms with Crippen molar-refractivity contribution in [3.05, 3.63) is 29.3 Å². The van der Waals surface area contributed by atoms with Crippen molar-refractivity contribution in [2.75, 3.05) is 7.05 Å². The molecule has 0 bridgehead atoms. The normalized spacial score (nSPS) is 27.0. The maximum absolute atomic E-state index is 12.0. The first kappa shape index (κ1) is 15.6. The van der Waals surface area contributed by atoms with Gasteiger partial charge in [0, 0.05) is 19.2 Å². The second-order valence-electron chi connectivity index (χ2n) is 7.42. The van der Waals surface area contributed by atoms with Gasteiger partial charge >= 0.3 is 7.12 Å². The largest absolute Gasteiger partial charge is 0.494 e. The van der Waals surface area contributed by atoms with Crippen LogP contribution in [0.4, 0.5) is 0 Å². The van der Waals surface area contributed by atoms with Crippen LogP contribution < -0.4 is 5.46 Å². The molecule has 4 nitrogen and oxygen atoms in total. The summed E-state index contributed by atoms with van der Waals surface area (Å²) < 4.78 is 12.5. The molecule has 0 aromatic heterocycles. The number of hydrogen-bond acceptors (Lipinski definition) is 3. The number of fused-ring (bicyclic) bond motifs is 1. The zero-order valence-electron chi connectivity index (χ0n) is 14.3. The van der Waals surface area contributed by atoms with Gasteiger partial charge in [0.25, 0.3) is 5.91 Å². The fourth-order valence-electron chi connectivity index (χ4n) is 3.37. The molecule has 0 N–H and O–H groups in total. The van der Waals surface area contributed by atoms with Gasteiger partial charge in [0.15, 0.2) is 0 Å². The fraction of sp³-hybridized carbons (Fsp3) is 0.588. The Bertz CT molecular complexity index is 628. The van der Waals surface area contributed by atoms with Crippen LogP contribution >= 0.6 is 0 Å². The van der Waals surface area contributed by atoms with Gasteiger partial charge in [-0.05, 0) is 43.8 Å². The number of carbonyl (C=O) groups excluding carboxylic acids is 1. The van der Waals surface area contributed by atoms with Crippen LogP contribution in [-0.2, 0) is 15.9 Å². The third-order valence-electron chi connectivity index (χ3n) is 5.44. The van der Waals surface area contributed by atoms with E-state index in [2.05, 4.69) is 34.6 Å². The molecule has 1 aromatic rings. The SMILES string of the molecule is CC(C)C1(C)OB(c2ccc3c(c2)CN(C)C3=O)OC1(C)C. The second-order valence-corrected chi connectivity index (χ2v) is 7.42. The average Bonchev–Trinajstić information content (AvgIpc) is 2.85. The monoisotopic (exact) mass is 301 g/mol. The third kappa shape index (κ3) is 2.10. The van der Waals surface area contributed by atoms with Gasteiger partial charge < -0.3 is 14.2 Å². The van der Waals surface area contributed by atoms with Gasteiger partial charge in [0.1, 0.15) is 0 Å². The zero-order valence-corrected chi connectivity index (χ0v) is 14.3. The molecule has 1 atom stereocenters. The third-order valence-corrected chi connectivity index (χ3v) is 5.44. The van der Waals surface area contributed by atoms with Crippen molar-refractivity contribution >= 4 is 18.5 Å². The molecule has 1 saturated heterocycles. The number of amides is 1. The molecule has 1 fully saturated rings. The lowest BCUT2D eigenvalue weighted by Gasteiger charge is -2.39. The summed E-state index contributed by atoms with van der Waals surface area (Å²) in [5.41, 5.74) is 2.11. The highest BCUT2D eigenvalue weighted by Gasteiger charge is 2.56. The van der Waals surface area contributed by atoms with E-state index in [1.165, 1.54) is 0 Å². The Balaban J connectivity index is 1.92. The number of rotatable bonds is 2. The number of nitrogens with zero attached hydrogens (tertiary/aromatic N) is 1. The molecule has 1 unspecified atom stereocenters. The van der Waals surface area contributed by atoms with Crippen LogP contribution in [0.25, 0.3) is 0 Å². The van der Waals surface area contributed by atoms with Gasteiger partial charge in [-0.3, -0.25) is 4.79 Å². The van der Waals surface area contributed by atoms with Crippen LogP contribution in [0.1, 0.15) is 50.5 Å². The summed E-state index contributed by atoms with van der Waals surface area (Å²) in [5, 5.41) is 0. The highest BCUT2D eigenvalue weighted by Crippen LogP contribution is 2.42. The van der Waals surface area contributed by atoms with Crippen molar-refractivity contribution in [1.82, 2.24) is 4.90 Å². The van der Waals surface area contributed by atoms with E-state index in [-0.39, 0.29) is 24.2 Å². The molecule has 5 heteroatoms. The molecule has 0 radical (unpaired) electrons. The molecular formula is C17H24BNO3. The van der Waals surface area contributed by atoms with Gasteiger partial charge in [0.2, 0.25) is 0 Å². The smallest absolute Gasteiger partial charge is 0.399 e. The minimum atomic E-state index is -0.381. The average molecular weight is 301 g/mol.